The van der Waals surface area contributed by atoms with Crippen molar-refractivity contribution in [2.24, 2.45) is 7.05 Å². The van der Waals surface area contributed by atoms with E-state index in [0.29, 0.717) is 12.1 Å². The van der Waals surface area contributed by atoms with Crippen molar-refractivity contribution in [3.8, 4) is 0 Å². The van der Waals surface area contributed by atoms with Gasteiger partial charge in [0.15, 0.2) is 0 Å². The van der Waals surface area contributed by atoms with E-state index in [4.69, 9.17) is 4.74 Å². The summed E-state index contributed by atoms with van der Waals surface area (Å²) >= 11 is 0. The Labute approximate surface area is 77.5 Å². The Bertz CT molecular complexity index is 290. The Morgan fingerprint density at radius 2 is 2.46 bits per heavy atom. The molecule has 0 saturated carbocycles. The second-order valence-electron chi connectivity index (χ2n) is 2.84. The first-order chi connectivity index (χ1) is 6.20. The number of ketones is 1. The Morgan fingerprint density at radius 1 is 1.77 bits per heavy atom. The van der Waals surface area contributed by atoms with Gasteiger partial charge >= 0.3 is 0 Å². The molecule has 0 aliphatic carbocycles. The Morgan fingerprint density at radius 3 is 2.85 bits per heavy atom. The number of methoxy groups -OCH3 is 1. The quantitative estimate of drug-likeness (QED) is 0.653. The molecule has 0 fully saturated rings. The summed E-state index contributed by atoms with van der Waals surface area (Å²) in [4.78, 5) is 11.7. The van der Waals surface area contributed by atoms with Crippen molar-refractivity contribution in [2.45, 2.75) is 19.4 Å². The van der Waals surface area contributed by atoms with Crippen LogP contribution in [0, 0.1) is 0 Å². The summed E-state index contributed by atoms with van der Waals surface area (Å²) in [5, 5.41) is 3.93. The lowest BCUT2D eigenvalue weighted by Crippen LogP contribution is -2.24. The normalized spacial score (nSPS) is 12.8. The first-order valence-corrected chi connectivity index (χ1v) is 4.25. The minimum atomic E-state index is -0.351. The van der Waals surface area contributed by atoms with Gasteiger partial charge in [0, 0.05) is 20.4 Å². The van der Waals surface area contributed by atoms with E-state index >= 15 is 0 Å². The molecule has 13 heavy (non-hydrogen) atoms. The maximum Gasteiger partial charge on any atom is 0.209 e. The van der Waals surface area contributed by atoms with Crippen molar-refractivity contribution in [1.82, 2.24) is 9.78 Å². The Kier molecular flexibility index (Phi) is 3.19. The van der Waals surface area contributed by atoms with Gasteiger partial charge in [-0.1, -0.05) is 6.92 Å². The third-order valence-electron chi connectivity index (χ3n) is 2.02. The summed E-state index contributed by atoms with van der Waals surface area (Å²) < 4.78 is 6.61. The first kappa shape index (κ1) is 9.92. The number of ether oxygens (including phenoxy) is 1. The molecule has 0 aliphatic rings. The molecule has 1 rings (SSSR count). The molecule has 72 valence electrons. The summed E-state index contributed by atoms with van der Waals surface area (Å²) in [7, 11) is 3.29. The van der Waals surface area contributed by atoms with Crippen LogP contribution in [0.4, 0.5) is 0 Å². The summed E-state index contributed by atoms with van der Waals surface area (Å²) in [6, 6.07) is 1.70. The van der Waals surface area contributed by atoms with Gasteiger partial charge in [0.2, 0.25) is 5.78 Å². The minimum absolute atomic E-state index is 0.00926. The minimum Gasteiger partial charge on any atom is -0.373 e. The van der Waals surface area contributed by atoms with Gasteiger partial charge in [-0.3, -0.25) is 9.48 Å². The summed E-state index contributed by atoms with van der Waals surface area (Å²) in [6.07, 6.45) is 1.94. The van der Waals surface area contributed by atoms with Crippen LogP contribution in [0.2, 0.25) is 0 Å². The number of rotatable bonds is 4. The maximum atomic E-state index is 11.7. The molecule has 0 bridgehead atoms. The van der Waals surface area contributed by atoms with Crippen LogP contribution in [0.3, 0.4) is 0 Å². The first-order valence-electron chi connectivity index (χ1n) is 4.25. The molecular weight excluding hydrogens is 168 g/mol. The van der Waals surface area contributed by atoms with E-state index in [-0.39, 0.29) is 11.9 Å². The number of carbonyl (C=O) groups excluding carboxylic acids is 1. The zero-order valence-corrected chi connectivity index (χ0v) is 8.15. The molecule has 0 radical (unpaired) electrons. The van der Waals surface area contributed by atoms with E-state index in [0.717, 1.165) is 0 Å². The Hall–Kier alpha value is -1.16. The lowest BCUT2D eigenvalue weighted by Gasteiger charge is -2.10. The second-order valence-corrected chi connectivity index (χ2v) is 2.84. The van der Waals surface area contributed by atoms with Gasteiger partial charge < -0.3 is 4.74 Å². The highest BCUT2D eigenvalue weighted by Crippen LogP contribution is 2.07. The molecule has 0 spiro atoms. The zero-order valence-electron chi connectivity index (χ0n) is 8.15. The molecule has 1 aromatic heterocycles. The number of Topliss-reactive ketones (excluding diaryl/α,β-unsaturated/α-hetero) is 1. The van der Waals surface area contributed by atoms with E-state index in [2.05, 4.69) is 5.10 Å². The standard InChI is InChI=1S/C9H14N2O2/c1-4-8(13-3)9(12)7-5-6-10-11(7)2/h5-6,8H,4H2,1-3H3. The zero-order chi connectivity index (χ0) is 9.84. The van der Waals surface area contributed by atoms with Gasteiger partial charge in [0.05, 0.1) is 0 Å². The topological polar surface area (TPSA) is 44.1 Å². The number of aromatic nitrogens is 2. The number of hydrogen-bond acceptors (Lipinski definition) is 3. The lowest BCUT2D eigenvalue weighted by atomic mass is 10.1. The van der Waals surface area contributed by atoms with Gasteiger partial charge in [-0.25, -0.2) is 0 Å². The van der Waals surface area contributed by atoms with Crippen molar-refractivity contribution in [3.05, 3.63) is 18.0 Å². The fourth-order valence-corrected chi connectivity index (χ4v) is 1.24. The Balaban J connectivity index is 2.84. The van der Waals surface area contributed by atoms with Crippen LogP contribution in [0.5, 0.6) is 0 Å². The third kappa shape index (κ3) is 1.95. The smallest absolute Gasteiger partial charge is 0.209 e. The largest absolute Gasteiger partial charge is 0.373 e. The molecular formula is C9H14N2O2. The second kappa shape index (κ2) is 4.18. The van der Waals surface area contributed by atoms with E-state index < -0.39 is 0 Å². The number of nitrogens with zero attached hydrogens (tertiary/aromatic N) is 2. The van der Waals surface area contributed by atoms with Crippen LogP contribution in [-0.2, 0) is 11.8 Å². The van der Waals surface area contributed by atoms with Crippen LogP contribution in [0.25, 0.3) is 0 Å². The van der Waals surface area contributed by atoms with Crippen molar-refractivity contribution in [3.63, 3.8) is 0 Å². The summed E-state index contributed by atoms with van der Waals surface area (Å²) in [5.74, 6) is -0.00926. The molecule has 1 unspecified atom stereocenters. The monoisotopic (exact) mass is 182 g/mol. The van der Waals surface area contributed by atoms with Crippen LogP contribution in [-0.4, -0.2) is 28.8 Å². The molecule has 4 nitrogen and oxygen atoms in total. The molecule has 0 saturated heterocycles. The predicted molar refractivity (Wildman–Crippen MR) is 48.6 cm³/mol. The van der Waals surface area contributed by atoms with E-state index in [1.54, 1.807) is 31.1 Å². The average molecular weight is 182 g/mol. The van der Waals surface area contributed by atoms with Crippen LogP contribution in [0.1, 0.15) is 23.8 Å². The van der Waals surface area contributed by atoms with Gasteiger partial charge in [0.25, 0.3) is 0 Å². The molecule has 1 atom stereocenters. The van der Waals surface area contributed by atoms with Crippen LogP contribution < -0.4 is 0 Å². The highest BCUT2D eigenvalue weighted by Gasteiger charge is 2.19. The highest BCUT2D eigenvalue weighted by atomic mass is 16.5. The fraction of sp³-hybridized carbons (Fsp3) is 0.556. The van der Waals surface area contributed by atoms with Crippen molar-refractivity contribution in [2.75, 3.05) is 7.11 Å². The number of carbonyl (C=O) groups is 1. The predicted octanol–water partition coefficient (Wildman–Crippen LogP) is 1.03. The van der Waals surface area contributed by atoms with Gasteiger partial charge in [-0.15, -0.1) is 0 Å². The van der Waals surface area contributed by atoms with E-state index in [1.165, 1.54) is 0 Å². The van der Waals surface area contributed by atoms with Gasteiger partial charge in [-0.2, -0.15) is 5.10 Å². The molecule has 0 aliphatic heterocycles. The molecule has 1 aromatic rings. The lowest BCUT2D eigenvalue weighted by molar-refractivity contribution is 0.0586. The molecule has 0 aromatic carbocycles. The molecule has 0 N–H and O–H groups in total. The number of aryl methyl sites for hydroxylation is 1. The SMILES string of the molecule is CCC(OC)C(=O)c1ccnn1C. The number of hydrogen-bond donors (Lipinski definition) is 0. The third-order valence-corrected chi connectivity index (χ3v) is 2.02. The molecule has 0 amide bonds. The van der Waals surface area contributed by atoms with Gasteiger partial charge in [-0.05, 0) is 12.5 Å². The molecule has 4 heteroatoms. The van der Waals surface area contributed by atoms with Crippen LogP contribution >= 0.6 is 0 Å². The average Bonchev–Trinajstić information content (AvgIpc) is 2.53. The fourth-order valence-electron chi connectivity index (χ4n) is 1.24. The van der Waals surface area contributed by atoms with Crippen molar-refractivity contribution in [1.29, 1.82) is 0 Å². The molecule has 1 heterocycles. The summed E-state index contributed by atoms with van der Waals surface area (Å²) in [5.41, 5.74) is 0.591. The van der Waals surface area contributed by atoms with Crippen molar-refractivity contribution < 1.29 is 9.53 Å². The van der Waals surface area contributed by atoms with Gasteiger partial charge in [0.1, 0.15) is 11.8 Å². The van der Waals surface area contributed by atoms with Crippen LogP contribution in [0.15, 0.2) is 12.3 Å². The summed E-state index contributed by atoms with van der Waals surface area (Å²) in [6.45, 7) is 1.92. The maximum absolute atomic E-state index is 11.7. The van der Waals surface area contributed by atoms with E-state index in [9.17, 15) is 4.79 Å². The highest BCUT2D eigenvalue weighted by molar-refractivity contribution is 5.97. The van der Waals surface area contributed by atoms with Crippen molar-refractivity contribution >= 4 is 5.78 Å². The van der Waals surface area contributed by atoms with E-state index in [1.807, 2.05) is 6.92 Å².